The van der Waals surface area contributed by atoms with Gasteiger partial charge in [0, 0.05) is 5.02 Å². The first-order chi connectivity index (χ1) is 11.5. The lowest BCUT2D eigenvalue weighted by Gasteiger charge is -2.38. The lowest BCUT2D eigenvalue weighted by molar-refractivity contribution is -0.147. The molecule has 0 heterocycles. The zero-order chi connectivity index (χ0) is 17.2. The Balaban J connectivity index is 2.06. The average molecular weight is 345 g/mol. The van der Waals surface area contributed by atoms with E-state index in [1.807, 2.05) is 42.5 Å². The molecule has 3 rings (SSSR count). The molecule has 0 atom stereocenters. The van der Waals surface area contributed by atoms with E-state index in [0.29, 0.717) is 24.5 Å². The Kier molecular flexibility index (Phi) is 4.81. The Morgan fingerprint density at radius 3 is 2.42 bits per heavy atom. The van der Waals surface area contributed by atoms with Crippen LogP contribution in [0.15, 0.2) is 42.5 Å². The van der Waals surface area contributed by atoms with Crippen molar-refractivity contribution in [3.8, 4) is 16.9 Å². The highest BCUT2D eigenvalue weighted by Crippen LogP contribution is 2.46. The fourth-order valence-corrected chi connectivity index (χ4v) is 3.27. The SMILES string of the molecule is CCCOc1cc(-c2ccc(Cl)cc2)cc(C2(C(=O)O)CCC2)c1. The molecule has 1 aliphatic carbocycles. The number of carboxylic acids is 1. The lowest BCUT2D eigenvalue weighted by atomic mass is 9.64. The van der Waals surface area contributed by atoms with Crippen LogP contribution in [0.5, 0.6) is 5.75 Å². The van der Waals surface area contributed by atoms with Gasteiger partial charge in [0.2, 0.25) is 0 Å². The van der Waals surface area contributed by atoms with Crippen LogP contribution in [-0.4, -0.2) is 17.7 Å². The van der Waals surface area contributed by atoms with Gasteiger partial charge in [0.25, 0.3) is 0 Å². The summed E-state index contributed by atoms with van der Waals surface area (Å²) < 4.78 is 5.81. The van der Waals surface area contributed by atoms with Gasteiger partial charge in [-0.1, -0.05) is 37.1 Å². The number of hydrogen-bond acceptors (Lipinski definition) is 2. The highest BCUT2D eigenvalue weighted by atomic mass is 35.5. The molecule has 0 bridgehead atoms. The minimum atomic E-state index is -0.771. The minimum absolute atomic E-state index is 0.615. The lowest BCUT2D eigenvalue weighted by Crippen LogP contribution is -2.42. The summed E-state index contributed by atoms with van der Waals surface area (Å²) >= 11 is 5.97. The molecule has 126 valence electrons. The van der Waals surface area contributed by atoms with Crippen LogP contribution in [0.25, 0.3) is 11.1 Å². The van der Waals surface area contributed by atoms with Crippen LogP contribution in [0.1, 0.15) is 38.2 Å². The third-order valence-electron chi connectivity index (χ3n) is 4.73. The summed E-state index contributed by atoms with van der Waals surface area (Å²) in [5, 5.41) is 10.4. The van der Waals surface area contributed by atoms with Crippen LogP contribution in [0, 0.1) is 0 Å². The number of ether oxygens (including phenoxy) is 1. The smallest absolute Gasteiger partial charge is 0.314 e. The van der Waals surface area contributed by atoms with Crippen molar-refractivity contribution in [2.24, 2.45) is 0 Å². The van der Waals surface area contributed by atoms with Crippen LogP contribution >= 0.6 is 11.6 Å². The third-order valence-corrected chi connectivity index (χ3v) is 4.98. The standard InChI is InChI=1S/C20H21ClO3/c1-2-10-24-18-12-15(14-4-6-17(21)7-5-14)11-16(13-18)20(19(22)23)8-3-9-20/h4-7,11-13H,2-3,8-10H2,1H3,(H,22,23). The fourth-order valence-electron chi connectivity index (χ4n) is 3.14. The van der Waals surface area contributed by atoms with Crippen LogP contribution in [-0.2, 0) is 10.2 Å². The summed E-state index contributed by atoms with van der Waals surface area (Å²) in [6, 6.07) is 13.4. The van der Waals surface area contributed by atoms with Crippen molar-refractivity contribution in [3.05, 3.63) is 53.1 Å². The van der Waals surface area contributed by atoms with Crippen molar-refractivity contribution in [2.75, 3.05) is 6.61 Å². The van der Waals surface area contributed by atoms with Gasteiger partial charge < -0.3 is 9.84 Å². The third kappa shape index (κ3) is 3.13. The highest BCUT2D eigenvalue weighted by Gasteiger charge is 2.46. The van der Waals surface area contributed by atoms with Crippen molar-refractivity contribution < 1.29 is 14.6 Å². The van der Waals surface area contributed by atoms with E-state index in [1.54, 1.807) is 0 Å². The van der Waals surface area contributed by atoms with Gasteiger partial charge >= 0.3 is 5.97 Å². The van der Waals surface area contributed by atoms with Gasteiger partial charge in [-0.2, -0.15) is 0 Å². The van der Waals surface area contributed by atoms with E-state index >= 15 is 0 Å². The molecule has 0 aliphatic heterocycles. The Labute approximate surface area is 147 Å². The summed E-state index contributed by atoms with van der Waals surface area (Å²) in [5.74, 6) is -0.0183. The van der Waals surface area contributed by atoms with E-state index in [4.69, 9.17) is 16.3 Å². The first-order valence-corrected chi connectivity index (χ1v) is 8.71. The number of hydrogen-bond donors (Lipinski definition) is 1. The van der Waals surface area contributed by atoms with Gasteiger partial charge in [-0.15, -0.1) is 0 Å². The first-order valence-electron chi connectivity index (χ1n) is 8.33. The molecule has 0 aromatic heterocycles. The molecule has 0 amide bonds. The van der Waals surface area contributed by atoms with E-state index in [-0.39, 0.29) is 0 Å². The Morgan fingerprint density at radius 1 is 1.17 bits per heavy atom. The molecule has 3 nitrogen and oxygen atoms in total. The maximum absolute atomic E-state index is 11.9. The molecule has 0 spiro atoms. The topological polar surface area (TPSA) is 46.5 Å². The van der Waals surface area contributed by atoms with E-state index in [0.717, 1.165) is 35.3 Å². The van der Waals surface area contributed by atoms with Crippen molar-refractivity contribution in [2.45, 2.75) is 38.0 Å². The molecule has 2 aromatic carbocycles. The number of halogens is 1. The van der Waals surface area contributed by atoms with Crippen molar-refractivity contribution in [1.29, 1.82) is 0 Å². The number of aliphatic carboxylic acids is 1. The van der Waals surface area contributed by atoms with Crippen molar-refractivity contribution in [3.63, 3.8) is 0 Å². The first kappa shape index (κ1) is 16.8. The fraction of sp³-hybridized carbons (Fsp3) is 0.350. The Bertz CT molecular complexity index is 733. The molecule has 1 fully saturated rings. The van der Waals surface area contributed by atoms with E-state index in [2.05, 4.69) is 6.92 Å². The molecular weight excluding hydrogens is 324 g/mol. The number of carboxylic acid groups (broad SMARTS) is 1. The van der Waals surface area contributed by atoms with Gasteiger partial charge in [-0.05, 0) is 66.3 Å². The van der Waals surface area contributed by atoms with Crippen LogP contribution in [0.2, 0.25) is 5.02 Å². The average Bonchev–Trinajstić information content (AvgIpc) is 2.52. The quantitative estimate of drug-likeness (QED) is 0.773. The zero-order valence-corrected chi connectivity index (χ0v) is 14.5. The van der Waals surface area contributed by atoms with Crippen molar-refractivity contribution in [1.82, 2.24) is 0 Å². The van der Waals surface area contributed by atoms with E-state index < -0.39 is 11.4 Å². The second-order valence-electron chi connectivity index (χ2n) is 6.34. The van der Waals surface area contributed by atoms with E-state index in [1.165, 1.54) is 0 Å². The van der Waals surface area contributed by atoms with Crippen molar-refractivity contribution >= 4 is 17.6 Å². The van der Waals surface area contributed by atoms with Gasteiger partial charge in [0.1, 0.15) is 5.75 Å². The summed E-state index contributed by atoms with van der Waals surface area (Å²) in [7, 11) is 0. The van der Waals surface area contributed by atoms with Crippen LogP contribution in [0.3, 0.4) is 0 Å². The molecule has 1 N–H and O–H groups in total. The van der Waals surface area contributed by atoms with Gasteiger partial charge in [-0.3, -0.25) is 4.79 Å². The maximum Gasteiger partial charge on any atom is 0.314 e. The second-order valence-corrected chi connectivity index (χ2v) is 6.78. The molecule has 4 heteroatoms. The number of benzene rings is 2. The summed E-state index contributed by atoms with van der Waals surface area (Å²) in [6.45, 7) is 2.66. The molecule has 24 heavy (non-hydrogen) atoms. The van der Waals surface area contributed by atoms with Gasteiger partial charge in [0.05, 0.1) is 12.0 Å². The molecule has 0 saturated heterocycles. The summed E-state index contributed by atoms with van der Waals surface area (Å²) in [5.41, 5.74) is 2.03. The Hall–Kier alpha value is -2.00. The molecular formula is C20H21ClO3. The monoisotopic (exact) mass is 344 g/mol. The second kappa shape index (κ2) is 6.86. The largest absolute Gasteiger partial charge is 0.494 e. The number of rotatable bonds is 6. The molecule has 1 aliphatic rings. The van der Waals surface area contributed by atoms with Crippen LogP contribution in [0.4, 0.5) is 0 Å². The normalized spacial score (nSPS) is 15.6. The summed E-state index contributed by atoms with van der Waals surface area (Å²) in [6.07, 6.45) is 3.21. The van der Waals surface area contributed by atoms with Gasteiger partial charge in [-0.25, -0.2) is 0 Å². The summed E-state index contributed by atoms with van der Waals surface area (Å²) in [4.78, 5) is 11.9. The predicted octanol–water partition coefficient (Wildman–Crippen LogP) is 5.30. The predicted molar refractivity (Wildman–Crippen MR) is 95.8 cm³/mol. The minimum Gasteiger partial charge on any atom is -0.494 e. The van der Waals surface area contributed by atoms with E-state index in [9.17, 15) is 9.90 Å². The number of carbonyl (C=O) groups is 1. The maximum atomic E-state index is 11.9. The zero-order valence-electron chi connectivity index (χ0n) is 13.7. The Morgan fingerprint density at radius 2 is 1.88 bits per heavy atom. The molecule has 1 saturated carbocycles. The highest BCUT2D eigenvalue weighted by molar-refractivity contribution is 6.30. The molecule has 0 radical (unpaired) electrons. The molecule has 2 aromatic rings. The van der Waals surface area contributed by atoms with Gasteiger partial charge in [0.15, 0.2) is 0 Å². The molecule has 0 unspecified atom stereocenters. The van der Waals surface area contributed by atoms with Crippen LogP contribution < -0.4 is 4.74 Å².